The van der Waals surface area contributed by atoms with Crippen molar-refractivity contribution in [1.82, 2.24) is 19.9 Å². The molecule has 218 valence electrons. The summed E-state index contributed by atoms with van der Waals surface area (Å²) < 4.78 is 46.2. The molecular weight excluding hydrogens is 541 g/mol. The summed E-state index contributed by atoms with van der Waals surface area (Å²) >= 11 is 0. The summed E-state index contributed by atoms with van der Waals surface area (Å²) in [7, 11) is -1.28. The monoisotopic (exact) mass is 578 g/mol. The fourth-order valence-electron chi connectivity index (χ4n) is 4.18. The van der Waals surface area contributed by atoms with Crippen LogP contribution in [0.4, 0.5) is 18.9 Å². The number of amides is 2. The molecule has 3 rings (SSSR count). The number of alkyl halides is 3. The van der Waals surface area contributed by atoms with Gasteiger partial charge >= 0.3 is 6.18 Å². The average Bonchev–Trinajstić information content (AvgIpc) is 3.21. The maximum atomic E-state index is 13.0. The Morgan fingerprint density at radius 2 is 1.85 bits per heavy atom. The van der Waals surface area contributed by atoms with Gasteiger partial charge in [0.15, 0.2) is 0 Å². The number of hydrogen-bond donors (Lipinski definition) is 3. The lowest BCUT2D eigenvalue weighted by atomic mass is 9.80. The molecule has 13 heteroatoms. The van der Waals surface area contributed by atoms with Gasteiger partial charge in [-0.05, 0) is 24.1 Å². The molecule has 3 aromatic heterocycles. The van der Waals surface area contributed by atoms with Gasteiger partial charge in [-0.1, -0.05) is 33.5 Å². The Balaban J connectivity index is 2.05. The molecule has 0 aliphatic rings. The molecule has 0 unspecified atom stereocenters. The second-order valence-corrected chi connectivity index (χ2v) is 17.0. The number of ether oxygens (including phenoxy) is 1. The number of halogens is 3. The zero-order valence-corrected chi connectivity index (χ0v) is 24.6. The number of nitrogens with one attached hydrogen (secondary N) is 2. The van der Waals surface area contributed by atoms with Crippen molar-refractivity contribution >= 4 is 36.6 Å². The second kappa shape index (κ2) is 12.1. The van der Waals surface area contributed by atoms with Crippen LogP contribution in [0.15, 0.2) is 36.9 Å². The van der Waals surface area contributed by atoms with Gasteiger partial charge in [0.25, 0.3) is 0 Å². The minimum atomic E-state index is -4.58. The molecule has 0 radical (unpaired) electrons. The zero-order valence-electron chi connectivity index (χ0n) is 23.6. The Kier molecular flexibility index (Phi) is 9.42. The van der Waals surface area contributed by atoms with Crippen molar-refractivity contribution in [3.05, 3.63) is 42.5 Å². The van der Waals surface area contributed by atoms with Crippen LogP contribution < -0.4 is 16.4 Å². The van der Waals surface area contributed by atoms with E-state index in [1.165, 1.54) is 13.1 Å². The van der Waals surface area contributed by atoms with Crippen LogP contribution in [0.2, 0.25) is 25.7 Å². The van der Waals surface area contributed by atoms with E-state index in [-0.39, 0.29) is 18.2 Å². The molecule has 0 fully saturated rings. The molecule has 0 bridgehead atoms. The van der Waals surface area contributed by atoms with Crippen LogP contribution in [0.25, 0.3) is 22.2 Å². The number of pyridine rings is 2. The Morgan fingerprint density at radius 1 is 1.15 bits per heavy atom. The van der Waals surface area contributed by atoms with E-state index in [0.29, 0.717) is 34.5 Å². The molecule has 3 heterocycles. The van der Waals surface area contributed by atoms with Crippen molar-refractivity contribution in [2.24, 2.45) is 11.7 Å². The van der Waals surface area contributed by atoms with Crippen molar-refractivity contribution in [2.75, 3.05) is 18.5 Å². The van der Waals surface area contributed by atoms with Crippen molar-refractivity contribution in [3.63, 3.8) is 0 Å². The molecule has 1 atom stereocenters. The van der Waals surface area contributed by atoms with E-state index in [1.807, 2.05) is 16.1 Å². The zero-order chi connectivity index (χ0) is 29.9. The van der Waals surface area contributed by atoms with Gasteiger partial charge in [-0.25, -0.2) is 4.98 Å². The van der Waals surface area contributed by atoms with Crippen LogP contribution in [-0.4, -0.2) is 53.8 Å². The van der Waals surface area contributed by atoms with Crippen LogP contribution in [-0.2, 0) is 26.6 Å². The maximum absolute atomic E-state index is 13.0. The molecule has 0 spiro atoms. The molecule has 4 N–H and O–H groups in total. The van der Waals surface area contributed by atoms with Crippen molar-refractivity contribution < 1.29 is 27.5 Å². The van der Waals surface area contributed by atoms with Crippen LogP contribution in [0, 0.1) is 5.92 Å². The van der Waals surface area contributed by atoms with Crippen LogP contribution in [0.3, 0.4) is 0 Å². The summed E-state index contributed by atoms with van der Waals surface area (Å²) in [6.07, 6.45) is 1.77. The fourth-order valence-corrected chi connectivity index (χ4v) is 4.94. The minimum Gasteiger partial charge on any atom is -0.361 e. The normalized spacial score (nSPS) is 13.9. The Morgan fingerprint density at radius 3 is 2.45 bits per heavy atom. The number of fused-ring (bicyclic) bond motifs is 1. The first-order valence-electron chi connectivity index (χ1n) is 13.0. The molecule has 0 aliphatic carbocycles. The van der Waals surface area contributed by atoms with Gasteiger partial charge in [-0.15, -0.1) is 0 Å². The molecule has 0 saturated carbocycles. The lowest BCUT2D eigenvalue weighted by molar-refractivity contribution is -0.143. The van der Waals surface area contributed by atoms with Crippen LogP contribution >= 0.6 is 0 Å². The quantitative estimate of drug-likeness (QED) is 0.221. The predicted molar refractivity (Wildman–Crippen MR) is 151 cm³/mol. The summed E-state index contributed by atoms with van der Waals surface area (Å²) in [6.45, 7) is 10.9. The van der Waals surface area contributed by atoms with Gasteiger partial charge in [0.1, 0.15) is 24.5 Å². The standard InChI is InChI=1S/C27H37F3N6O3Si/c1-17(2)27(31,25(38)34-15-26(28,29)30)20-9-19(11-32-12-20)23-14-36(16-39-7-8-40(4,5)6)24-22(23)10-21(13-33-24)35-18(3)37/h9-14,17H,7-8,15-16,31H2,1-6H3,(H,34,38)(H,35,37)/t27-/m1/s1. The first kappa shape index (κ1) is 31.2. The third kappa shape index (κ3) is 7.67. The first-order valence-corrected chi connectivity index (χ1v) is 16.7. The Hall–Kier alpha value is -3.29. The lowest BCUT2D eigenvalue weighted by Crippen LogP contribution is -2.56. The third-order valence-corrected chi connectivity index (χ3v) is 8.23. The Labute approximate surface area is 232 Å². The Bertz CT molecular complexity index is 1370. The SMILES string of the molecule is CC(=O)Nc1cnc2c(c1)c(-c1cncc([C@@](N)(C(=O)NCC(F)(F)F)C(C)C)c1)cn2COCC[Si](C)(C)C. The molecule has 3 aromatic rings. The van der Waals surface area contributed by atoms with Gasteiger partial charge in [0.2, 0.25) is 11.8 Å². The lowest BCUT2D eigenvalue weighted by Gasteiger charge is -2.32. The van der Waals surface area contributed by atoms with E-state index in [1.54, 1.807) is 38.4 Å². The number of aromatic nitrogens is 3. The average molecular weight is 579 g/mol. The van der Waals surface area contributed by atoms with Crippen molar-refractivity contribution in [3.8, 4) is 11.1 Å². The van der Waals surface area contributed by atoms with E-state index >= 15 is 0 Å². The highest BCUT2D eigenvalue weighted by Crippen LogP contribution is 2.35. The summed E-state index contributed by atoms with van der Waals surface area (Å²) in [5.41, 5.74) is 7.33. The summed E-state index contributed by atoms with van der Waals surface area (Å²) in [4.78, 5) is 33.4. The van der Waals surface area contributed by atoms with Crippen molar-refractivity contribution in [1.29, 1.82) is 0 Å². The number of hydrogen-bond acceptors (Lipinski definition) is 6. The van der Waals surface area contributed by atoms with Gasteiger partial charge in [0, 0.05) is 62.3 Å². The third-order valence-electron chi connectivity index (χ3n) is 6.52. The molecule has 0 aromatic carbocycles. The first-order chi connectivity index (χ1) is 18.5. The van der Waals surface area contributed by atoms with E-state index in [0.717, 1.165) is 6.04 Å². The molecular formula is C27H37F3N6O3Si. The number of anilines is 1. The number of carbonyl (C=O) groups excluding carboxylic acids is 2. The highest BCUT2D eigenvalue weighted by Gasteiger charge is 2.41. The van der Waals surface area contributed by atoms with Gasteiger partial charge in [-0.2, -0.15) is 13.2 Å². The van der Waals surface area contributed by atoms with Crippen LogP contribution in [0.1, 0.15) is 26.3 Å². The summed E-state index contributed by atoms with van der Waals surface area (Å²) in [5, 5.41) is 5.33. The molecule has 40 heavy (non-hydrogen) atoms. The molecule has 0 saturated heterocycles. The highest BCUT2D eigenvalue weighted by atomic mass is 28.3. The van der Waals surface area contributed by atoms with Gasteiger partial charge < -0.3 is 25.7 Å². The largest absolute Gasteiger partial charge is 0.405 e. The summed E-state index contributed by atoms with van der Waals surface area (Å²) in [5.74, 6) is -1.76. The number of rotatable bonds is 11. The topological polar surface area (TPSA) is 124 Å². The molecule has 0 aliphatic heterocycles. The summed E-state index contributed by atoms with van der Waals surface area (Å²) in [6, 6.07) is 4.42. The van der Waals surface area contributed by atoms with E-state index in [2.05, 4.69) is 34.9 Å². The smallest absolute Gasteiger partial charge is 0.361 e. The van der Waals surface area contributed by atoms with Crippen LogP contribution in [0.5, 0.6) is 0 Å². The van der Waals surface area contributed by atoms with E-state index in [9.17, 15) is 22.8 Å². The fraction of sp³-hybridized carbons (Fsp3) is 0.481. The molecule has 9 nitrogen and oxygen atoms in total. The predicted octanol–water partition coefficient (Wildman–Crippen LogP) is 4.86. The molecule has 2 amide bonds. The number of nitrogens with zero attached hydrogens (tertiary/aromatic N) is 3. The number of carbonyl (C=O) groups is 2. The highest BCUT2D eigenvalue weighted by molar-refractivity contribution is 6.76. The maximum Gasteiger partial charge on any atom is 0.405 e. The van der Waals surface area contributed by atoms with E-state index in [4.69, 9.17) is 10.5 Å². The van der Waals surface area contributed by atoms with Gasteiger partial charge in [0.05, 0.1) is 11.9 Å². The van der Waals surface area contributed by atoms with E-state index < -0.39 is 38.2 Å². The van der Waals surface area contributed by atoms with Crippen molar-refractivity contribution in [2.45, 2.75) is 64.9 Å². The van der Waals surface area contributed by atoms with Gasteiger partial charge in [-0.3, -0.25) is 14.6 Å². The second-order valence-electron chi connectivity index (χ2n) is 11.4. The minimum absolute atomic E-state index is 0.243. The number of nitrogens with two attached hydrogens (primary N) is 1.